The van der Waals surface area contributed by atoms with Crippen molar-refractivity contribution in [3.05, 3.63) is 29.8 Å². The van der Waals surface area contributed by atoms with Gasteiger partial charge in [0.05, 0.1) is 13.7 Å². The Bertz CT molecular complexity index is 493. The third kappa shape index (κ3) is 4.71. The van der Waals surface area contributed by atoms with Crippen molar-refractivity contribution in [1.82, 2.24) is 10.2 Å². The van der Waals surface area contributed by atoms with Crippen LogP contribution in [0.4, 0.5) is 0 Å². The molecular weight excluding hydrogens is 280 g/mol. The molecule has 122 valence electrons. The van der Waals surface area contributed by atoms with Crippen molar-refractivity contribution in [3.63, 3.8) is 0 Å². The fourth-order valence-corrected chi connectivity index (χ4v) is 2.69. The van der Waals surface area contributed by atoms with Crippen molar-refractivity contribution in [2.45, 2.75) is 32.4 Å². The van der Waals surface area contributed by atoms with E-state index in [1.807, 2.05) is 31.2 Å². The van der Waals surface area contributed by atoms with Crippen LogP contribution in [0.15, 0.2) is 24.3 Å². The first kappa shape index (κ1) is 16.8. The minimum absolute atomic E-state index is 0.0199. The van der Waals surface area contributed by atoms with Crippen LogP contribution in [0.2, 0.25) is 0 Å². The van der Waals surface area contributed by atoms with E-state index in [1.165, 1.54) is 0 Å². The molecule has 0 aromatic heterocycles. The lowest BCUT2D eigenvalue weighted by molar-refractivity contribution is -0.139. The highest BCUT2D eigenvalue weighted by Gasteiger charge is 2.26. The zero-order chi connectivity index (χ0) is 15.9. The van der Waals surface area contributed by atoms with Crippen LogP contribution in [-0.2, 0) is 16.0 Å². The maximum atomic E-state index is 12.3. The van der Waals surface area contributed by atoms with Crippen LogP contribution in [0, 0.1) is 0 Å². The summed E-state index contributed by atoms with van der Waals surface area (Å²) in [6.07, 6.45) is 0.411. The minimum atomic E-state index is -0.360. The largest absolute Gasteiger partial charge is 0.497 e. The molecule has 1 aromatic rings. The van der Waals surface area contributed by atoms with Crippen LogP contribution in [0.5, 0.6) is 5.75 Å². The van der Waals surface area contributed by atoms with Gasteiger partial charge < -0.3 is 14.8 Å². The van der Waals surface area contributed by atoms with Crippen molar-refractivity contribution in [2.75, 3.05) is 33.4 Å². The predicted molar refractivity (Wildman–Crippen MR) is 86.2 cm³/mol. The molecule has 1 aromatic carbocycles. The van der Waals surface area contributed by atoms with Gasteiger partial charge in [0.2, 0.25) is 0 Å². The molecular formula is C17H26N2O3. The number of carbonyl (C=O) groups excluding carboxylic acids is 1. The molecule has 1 saturated heterocycles. The molecule has 0 spiro atoms. The lowest BCUT2D eigenvalue weighted by Crippen LogP contribution is -2.51. The molecule has 2 rings (SSSR count). The Balaban J connectivity index is 1.85. The Hall–Kier alpha value is -1.59. The van der Waals surface area contributed by atoms with E-state index in [2.05, 4.69) is 17.1 Å². The molecule has 1 N–H and O–H groups in total. The number of likely N-dealkylation sites (N-methyl/N-ethyl adjacent to an activating group) is 1. The molecule has 0 unspecified atom stereocenters. The van der Waals surface area contributed by atoms with Crippen molar-refractivity contribution in [1.29, 1.82) is 0 Å². The summed E-state index contributed by atoms with van der Waals surface area (Å²) in [6, 6.07) is 7.98. The van der Waals surface area contributed by atoms with E-state index in [0.29, 0.717) is 13.2 Å². The van der Waals surface area contributed by atoms with Gasteiger partial charge >= 0.3 is 0 Å². The van der Waals surface area contributed by atoms with Gasteiger partial charge in [-0.05, 0) is 37.6 Å². The first-order chi connectivity index (χ1) is 10.6. The number of nitrogens with one attached hydrogen (secondary N) is 1. The highest BCUT2D eigenvalue weighted by molar-refractivity contribution is 5.81. The van der Waals surface area contributed by atoms with Gasteiger partial charge in [-0.3, -0.25) is 9.69 Å². The molecule has 0 saturated carbocycles. The van der Waals surface area contributed by atoms with Crippen LogP contribution in [0.1, 0.15) is 19.4 Å². The molecule has 5 heteroatoms. The van der Waals surface area contributed by atoms with Gasteiger partial charge in [0.25, 0.3) is 5.91 Å². The van der Waals surface area contributed by atoms with E-state index in [0.717, 1.165) is 30.8 Å². The summed E-state index contributed by atoms with van der Waals surface area (Å²) in [5, 5.41) is 3.05. The first-order valence-electron chi connectivity index (χ1n) is 7.89. The van der Waals surface area contributed by atoms with Crippen molar-refractivity contribution in [2.24, 2.45) is 0 Å². The second-order valence-electron chi connectivity index (χ2n) is 5.72. The fourth-order valence-electron chi connectivity index (χ4n) is 2.69. The van der Waals surface area contributed by atoms with E-state index >= 15 is 0 Å². The number of benzene rings is 1. The van der Waals surface area contributed by atoms with E-state index in [-0.39, 0.29) is 18.1 Å². The number of nitrogens with zero attached hydrogens (tertiary/aromatic N) is 1. The van der Waals surface area contributed by atoms with Crippen molar-refractivity contribution < 1.29 is 14.3 Å². The van der Waals surface area contributed by atoms with Gasteiger partial charge in [-0.25, -0.2) is 0 Å². The normalized spacial score (nSPS) is 20.4. The number of ether oxygens (including phenoxy) is 2. The van der Waals surface area contributed by atoms with Crippen LogP contribution in [0.25, 0.3) is 0 Å². The lowest BCUT2D eigenvalue weighted by Gasteiger charge is -2.31. The second-order valence-corrected chi connectivity index (χ2v) is 5.72. The van der Waals surface area contributed by atoms with Gasteiger partial charge in [0.1, 0.15) is 11.9 Å². The van der Waals surface area contributed by atoms with Crippen LogP contribution in [0.3, 0.4) is 0 Å². The molecule has 22 heavy (non-hydrogen) atoms. The Morgan fingerprint density at radius 3 is 3.09 bits per heavy atom. The molecule has 0 bridgehead atoms. The summed E-state index contributed by atoms with van der Waals surface area (Å²) in [5.74, 6) is 0.818. The molecule has 1 aliphatic rings. The van der Waals surface area contributed by atoms with Gasteiger partial charge in [-0.2, -0.15) is 0 Å². The monoisotopic (exact) mass is 306 g/mol. The average Bonchev–Trinajstić information content (AvgIpc) is 2.54. The predicted octanol–water partition coefficient (Wildman–Crippen LogP) is 1.46. The Kier molecular flexibility index (Phi) is 6.21. The number of amides is 1. The lowest BCUT2D eigenvalue weighted by atomic mass is 10.1. The summed E-state index contributed by atoms with van der Waals surface area (Å²) in [6.45, 7) is 7.26. The van der Waals surface area contributed by atoms with E-state index < -0.39 is 0 Å². The summed E-state index contributed by atoms with van der Waals surface area (Å²) in [7, 11) is 1.66. The first-order valence-corrected chi connectivity index (χ1v) is 7.89. The summed E-state index contributed by atoms with van der Waals surface area (Å²) in [4.78, 5) is 14.5. The van der Waals surface area contributed by atoms with Gasteiger partial charge in [0, 0.05) is 19.1 Å². The highest BCUT2D eigenvalue weighted by atomic mass is 16.5. The number of carbonyl (C=O) groups is 1. The van der Waals surface area contributed by atoms with Crippen LogP contribution in [-0.4, -0.2) is 56.3 Å². The van der Waals surface area contributed by atoms with Crippen molar-refractivity contribution >= 4 is 5.91 Å². The Morgan fingerprint density at radius 2 is 2.36 bits per heavy atom. The van der Waals surface area contributed by atoms with Gasteiger partial charge in [-0.1, -0.05) is 19.1 Å². The van der Waals surface area contributed by atoms with E-state index in [9.17, 15) is 4.79 Å². The number of rotatable bonds is 6. The Labute approximate surface area is 132 Å². The number of hydrogen-bond donors (Lipinski definition) is 1. The van der Waals surface area contributed by atoms with E-state index in [1.54, 1.807) is 7.11 Å². The SMILES string of the molecule is CCN1CCO[C@@H](C(=O)N[C@H](C)Cc2cccc(OC)c2)C1. The molecule has 0 radical (unpaired) electrons. The minimum Gasteiger partial charge on any atom is -0.497 e. The molecule has 5 nitrogen and oxygen atoms in total. The molecule has 1 amide bonds. The number of hydrogen-bond acceptors (Lipinski definition) is 4. The van der Waals surface area contributed by atoms with E-state index in [4.69, 9.17) is 9.47 Å². The molecule has 0 aliphatic carbocycles. The Morgan fingerprint density at radius 1 is 1.55 bits per heavy atom. The van der Waals surface area contributed by atoms with Crippen LogP contribution < -0.4 is 10.1 Å². The summed E-state index contributed by atoms with van der Waals surface area (Å²) >= 11 is 0. The molecule has 1 fully saturated rings. The fraction of sp³-hybridized carbons (Fsp3) is 0.588. The quantitative estimate of drug-likeness (QED) is 0.864. The molecule has 2 atom stereocenters. The second kappa shape index (κ2) is 8.15. The topological polar surface area (TPSA) is 50.8 Å². The maximum Gasteiger partial charge on any atom is 0.250 e. The summed E-state index contributed by atoms with van der Waals surface area (Å²) < 4.78 is 10.8. The third-order valence-electron chi connectivity index (χ3n) is 3.95. The smallest absolute Gasteiger partial charge is 0.250 e. The zero-order valence-electron chi connectivity index (χ0n) is 13.7. The average molecular weight is 306 g/mol. The highest BCUT2D eigenvalue weighted by Crippen LogP contribution is 2.14. The maximum absolute atomic E-state index is 12.3. The number of morpholine rings is 1. The van der Waals surface area contributed by atoms with Crippen molar-refractivity contribution in [3.8, 4) is 5.75 Å². The molecule has 1 aliphatic heterocycles. The van der Waals surface area contributed by atoms with Gasteiger partial charge in [-0.15, -0.1) is 0 Å². The summed E-state index contributed by atoms with van der Waals surface area (Å²) in [5.41, 5.74) is 1.15. The van der Waals surface area contributed by atoms with Gasteiger partial charge in [0.15, 0.2) is 0 Å². The standard InChI is InChI=1S/C17H26N2O3/c1-4-19-8-9-22-16(12-19)17(20)18-13(2)10-14-6-5-7-15(11-14)21-3/h5-7,11,13,16H,4,8-10,12H2,1-3H3,(H,18,20)/t13-,16-/m1/s1. The number of methoxy groups -OCH3 is 1. The molecule has 1 heterocycles. The third-order valence-corrected chi connectivity index (χ3v) is 3.95. The van der Waals surface area contributed by atoms with Crippen LogP contribution >= 0.6 is 0 Å². The zero-order valence-corrected chi connectivity index (χ0v) is 13.7.